The van der Waals surface area contributed by atoms with Crippen molar-refractivity contribution >= 4 is 29.7 Å². The number of rotatable bonds is 24. The van der Waals surface area contributed by atoms with Gasteiger partial charge in [-0.1, -0.05) is 31.2 Å². The van der Waals surface area contributed by atoms with Gasteiger partial charge in [0.25, 0.3) is 5.91 Å². The summed E-state index contributed by atoms with van der Waals surface area (Å²) in [6.45, 7) is 4.10. The zero-order chi connectivity index (χ0) is 33.1. The zero-order valence-electron chi connectivity index (χ0n) is 25.7. The first-order valence-corrected chi connectivity index (χ1v) is 14.3. The SMILES string of the molecule is CCN(CCN(CCN(CCN(C)CC(=O)O)CC(=O)O)CC(=O)NCc1ccc(C[C@@H](N)C(=O)NOC)cc1)CC(=O)O. The van der Waals surface area contributed by atoms with Crippen molar-refractivity contribution in [1.29, 1.82) is 0 Å². The number of benzene rings is 1. The van der Waals surface area contributed by atoms with Gasteiger partial charge in [0.2, 0.25) is 5.91 Å². The second-order valence-electron chi connectivity index (χ2n) is 10.4. The molecule has 1 rings (SSSR count). The highest BCUT2D eigenvalue weighted by atomic mass is 16.6. The van der Waals surface area contributed by atoms with E-state index in [1.165, 1.54) is 7.11 Å². The fraction of sp³-hybridized carbons (Fsp3) is 0.607. The molecule has 0 aliphatic heterocycles. The number of nitrogens with one attached hydrogen (secondary N) is 2. The number of hydrogen-bond donors (Lipinski definition) is 6. The van der Waals surface area contributed by atoms with Crippen LogP contribution in [0.15, 0.2) is 24.3 Å². The van der Waals surface area contributed by atoms with E-state index in [9.17, 15) is 34.2 Å². The summed E-state index contributed by atoms with van der Waals surface area (Å²) >= 11 is 0. The summed E-state index contributed by atoms with van der Waals surface area (Å²) in [5.41, 5.74) is 9.74. The van der Waals surface area contributed by atoms with Crippen molar-refractivity contribution in [3.63, 3.8) is 0 Å². The average Bonchev–Trinajstić information content (AvgIpc) is 2.95. The molecule has 1 atom stereocenters. The number of carbonyl (C=O) groups excluding carboxylic acids is 2. The fourth-order valence-corrected chi connectivity index (χ4v) is 4.23. The Labute approximate surface area is 257 Å². The van der Waals surface area contributed by atoms with Crippen LogP contribution < -0.4 is 16.5 Å². The summed E-state index contributed by atoms with van der Waals surface area (Å²) in [6, 6.07) is 6.51. The van der Waals surface area contributed by atoms with Gasteiger partial charge in [0.1, 0.15) is 0 Å². The third kappa shape index (κ3) is 17.4. The standard InChI is InChI=1S/C28H47N7O9/c1-4-33(19-26(39)40)11-12-34(13-14-35(20-27(41)42)10-9-32(2)18-25(37)38)17-24(36)30-16-22-7-5-21(6-8-22)15-23(29)28(43)31-44-3/h5-8,23H,4,9-20,29H2,1-3H3,(H,30,36)(H,31,43)(H,37,38)(H,39,40)(H,41,42)/t23-/m1/s1. The van der Waals surface area contributed by atoms with Crippen LogP contribution in [0, 0.1) is 0 Å². The number of carbonyl (C=O) groups is 5. The summed E-state index contributed by atoms with van der Waals surface area (Å²) in [5, 5.41) is 30.4. The minimum absolute atomic E-state index is 0.00595. The van der Waals surface area contributed by atoms with Crippen LogP contribution in [0.5, 0.6) is 0 Å². The van der Waals surface area contributed by atoms with Crippen molar-refractivity contribution in [3.05, 3.63) is 35.4 Å². The lowest BCUT2D eigenvalue weighted by Crippen LogP contribution is -2.46. The predicted molar refractivity (Wildman–Crippen MR) is 161 cm³/mol. The Morgan fingerprint density at radius 1 is 0.773 bits per heavy atom. The molecule has 0 saturated heterocycles. The molecule has 0 spiro atoms. The minimum atomic E-state index is -1.03. The van der Waals surface area contributed by atoms with Crippen molar-refractivity contribution in [2.24, 2.45) is 5.73 Å². The molecule has 0 radical (unpaired) electrons. The highest BCUT2D eigenvalue weighted by Crippen LogP contribution is 2.07. The Bertz CT molecular complexity index is 1060. The normalized spacial score (nSPS) is 12.1. The van der Waals surface area contributed by atoms with E-state index in [1.54, 1.807) is 21.7 Å². The van der Waals surface area contributed by atoms with Gasteiger partial charge in [-0.3, -0.25) is 48.4 Å². The third-order valence-electron chi connectivity index (χ3n) is 6.71. The quantitative estimate of drug-likeness (QED) is 0.0683. The highest BCUT2D eigenvalue weighted by Gasteiger charge is 2.18. The van der Waals surface area contributed by atoms with Crippen LogP contribution in [0.2, 0.25) is 0 Å². The summed E-state index contributed by atoms with van der Waals surface area (Å²) in [6.07, 6.45) is 0.308. The van der Waals surface area contributed by atoms with Crippen LogP contribution in [-0.4, -0.2) is 157 Å². The number of likely N-dealkylation sites (N-methyl/N-ethyl adjacent to an activating group) is 2. The van der Waals surface area contributed by atoms with Crippen LogP contribution in [0.25, 0.3) is 0 Å². The lowest BCUT2D eigenvalue weighted by atomic mass is 10.0. The van der Waals surface area contributed by atoms with Gasteiger partial charge in [-0.2, -0.15) is 0 Å². The first-order valence-electron chi connectivity index (χ1n) is 14.3. The third-order valence-corrected chi connectivity index (χ3v) is 6.71. The lowest BCUT2D eigenvalue weighted by molar-refractivity contribution is -0.140. The smallest absolute Gasteiger partial charge is 0.317 e. The number of carboxylic acid groups (broad SMARTS) is 3. The molecule has 1 aromatic rings. The molecule has 44 heavy (non-hydrogen) atoms. The molecule has 0 aliphatic rings. The number of aliphatic carboxylic acids is 3. The van der Waals surface area contributed by atoms with Crippen molar-refractivity contribution in [2.45, 2.75) is 25.9 Å². The number of amides is 2. The number of nitrogens with zero attached hydrogens (tertiary/aromatic N) is 4. The van der Waals surface area contributed by atoms with Gasteiger partial charge < -0.3 is 26.4 Å². The lowest BCUT2D eigenvalue weighted by Gasteiger charge is -2.29. The van der Waals surface area contributed by atoms with Gasteiger partial charge >= 0.3 is 17.9 Å². The molecular weight excluding hydrogens is 578 g/mol. The molecular formula is C28H47N7O9. The molecule has 1 aromatic carbocycles. The maximum Gasteiger partial charge on any atom is 0.317 e. The molecule has 2 amide bonds. The largest absolute Gasteiger partial charge is 0.480 e. The monoisotopic (exact) mass is 625 g/mol. The molecule has 0 unspecified atom stereocenters. The molecule has 0 saturated carbocycles. The molecule has 0 heterocycles. The van der Waals surface area contributed by atoms with Gasteiger partial charge in [-0.25, -0.2) is 5.48 Å². The van der Waals surface area contributed by atoms with E-state index in [0.29, 0.717) is 52.2 Å². The van der Waals surface area contributed by atoms with Crippen molar-refractivity contribution in [1.82, 2.24) is 30.4 Å². The minimum Gasteiger partial charge on any atom is -0.480 e. The summed E-state index contributed by atoms with van der Waals surface area (Å²) in [7, 11) is 2.96. The zero-order valence-corrected chi connectivity index (χ0v) is 25.7. The predicted octanol–water partition coefficient (Wildman–Crippen LogP) is -2.04. The number of nitrogens with two attached hydrogens (primary N) is 1. The van der Waals surface area contributed by atoms with Gasteiger partial charge in [-0.05, 0) is 31.1 Å². The van der Waals surface area contributed by atoms with Gasteiger partial charge in [0.05, 0.1) is 39.3 Å². The maximum atomic E-state index is 12.9. The van der Waals surface area contributed by atoms with E-state index >= 15 is 0 Å². The number of hydrogen-bond acceptors (Lipinski definition) is 11. The van der Waals surface area contributed by atoms with Gasteiger partial charge in [0, 0.05) is 45.8 Å². The first-order chi connectivity index (χ1) is 20.8. The highest BCUT2D eigenvalue weighted by molar-refractivity contribution is 5.80. The summed E-state index contributed by atoms with van der Waals surface area (Å²) in [4.78, 5) is 69.7. The van der Waals surface area contributed by atoms with Crippen LogP contribution in [-0.2, 0) is 41.8 Å². The number of hydroxylamine groups is 1. The van der Waals surface area contributed by atoms with Crippen LogP contribution >= 0.6 is 0 Å². The van der Waals surface area contributed by atoms with E-state index in [4.69, 9.17) is 10.8 Å². The molecule has 16 heteroatoms. The Balaban J connectivity index is 2.80. The van der Waals surface area contributed by atoms with Crippen LogP contribution in [0.1, 0.15) is 18.1 Å². The Kier molecular flexibility index (Phi) is 18.4. The van der Waals surface area contributed by atoms with Crippen molar-refractivity contribution < 1.29 is 44.1 Å². The van der Waals surface area contributed by atoms with Gasteiger partial charge in [0.15, 0.2) is 0 Å². The maximum absolute atomic E-state index is 12.9. The van der Waals surface area contributed by atoms with Crippen molar-refractivity contribution in [2.75, 3.05) is 86.1 Å². The van der Waals surface area contributed by atoms with E-state index in [1.807, 2.05) is 36.1 Å². The van der Waals surface area contributed by atoms with E-state index < -0.39 is 29.9 Å². The summed E-state index contributed by atoms with van der Waals surface area (Å²) in [5.74, 6) is -3.67. The molecule has 0 aromatic heterocycles. The molecule has 248 valence electrons. The van der Waals surface area contributed by atoms with Crippen LogP contribution in [0.3, 0.4) is 0 Å². The molecule has 7 N–H and O–H groups in total. The first kappa shape index (κ1) is 38.4. The van der Waals surface area contributed by atoms with E-state index in [-0.39, 0.29) is 38.6 Å². The average molecular weight is 626 g/mol. The second-order valence-corrected chi connectivity index (χ2v) is 10.4. The topological polar surface area (TPSA) is 218 Å². The van der Waals surface area contributed by atoms with E-state index in [0.717, 1.165) is 11.1 Å². The van der Waals surface area contributed by atoms with Gasteiger partial charge in [-0.15, -0.1) is 0 Å². The van der Waals surface area contributed by atoms with Crippen LogP contribution in [0.4, 0.5) is 0 Å². The number of carboxylic acids is 3. The molecule has 0 fully saturated rings. The van der Waals surface area contributed by atoms with E-state index in [2.05, 4.69) is 15.6 Å². The molecule has 0 aliphatic carbocycles. The molecule has 16 nitrogen and oxygen atoms in total. The fourth-order valence-electron chi connectivity index (χ4n) is 4.23. The van der Waals surface area contributed by atoms with Crippen molar-refractivity contribution in [3.8, 4) is 0 Å². The Morgan fingerprint density at radius 3 is 1.77 bits per heavy atom. The second kappa shape index (κ2) is 21.1. The summed E-state index contributed by atoms with van der Waals surface area (Å²) < 4.78 is 0. The molecule has 0 bridgehead atoms. The Hall–Kier alpha value is -3.67. The Morgan fingerprint density at radius 2 is 1.25 bits per heavy atom.